The van der Waals surface area contributed by atoms with Crippen molar-refractivity contribution in [3.05, 3.63) is 47.3 Å². The number of carbonyl (C=O) groups is 1. The zero-order valence-electron chi connectivity index (χ0n) is 26.5. The Hall–Kier alpha value is -2.85. The predicted molar refractivity (Wildman–Crippen MR) is 165 cm³/mol. The lowest BCUT2D eigenvalue weighted by Gasteiger charge is -2.36. The van der Waals surface area contributed by atoms with Crippen LogP contribution in [0.25, 0.3) is 0 Å². The van der Waals surface area contributed by atoms with E-state index in [1.165, 1.54) is 5.57 Å². The summed E-state index contributed by atoms with van der Waals surface area (Å²) in [7, 11) is 3.73. The molecule has 9 nitrogen and oxygen atoms in total. The standard InChI is InChI=1S/C13H22FN3.C7H13N.C6H11NO.C5H8N2O/c1-9-16-8-11(17-9)12(15-3)10-5-4-6-13(2,14)7-10;1-4-6(2)5-7(3)8;1-5-2-3-6(8)7-4-5;1-7-5(4-8)2-3-6-7/h8,10,12,15H,4-7H2,1-3H3,(H,16,17);5,8H,4H2,1-3H3;5H,2-4H2,1H3,(H,7,8);2-3,8H,4H2,1H3/b;6-5-,8-7?;;. The molecule has 5 N–H and O–H groups in total. The summed E-state index contributed by atoms with van der Waals surface area (Å²) in [6.07, 6.45) is 11.6. The Balaban J connectivity index is 0.000000297. The minimum atomic E-state index is -1.01. The number of rotatable bonds is 6. The van der Waals surface area contributed by atoms with Gasteiger partial charge in [0.15, 0.2) is 0 Å². The molecule has 2 fully saturated rings. The third-order valence-electron chi connectivity index (χ3n) is 7.42. The summed E-state index contributed by atoms with van der Waals surface area (Å²) < 4.78 is 15.7. The molecule has 0 radical (unpaired) electrons. The monoisotopic (exact) mass is 575 g/mol. The number of aromatic amines is 1. The van der Waals surface area contributed by atoms with Crippen molar-refractivity contribution in [3.8, 4) is 0 Å². The molecule has 2 aromatic heterocycles. The average molecular weight is 576 g/mol. The number of imidazole rings is 1. The van der Waals surface area contributed by atoms with E-state index in [2.05, 4.69) is 39.5 Å². The van der Waals surface area contributed by atoms with E-state index in [9.17, 15) is 9.18 Å². The van der Waals surface area contributed by atoms with Gasteiger partial charge in [0.2, 0.25) is 5.91 Å². The van der Waals surface area contributed by atoms with Gasteiger partial charge in [0.05, 0.1) is 24.0 Å². The Bertz CT molecular complexity index is 1070. The zero-order chi connectivity index (χ0) is 31.0. The first-order chi connectivity index (χ1) is 19.3. The fourth-order valence-corrected chi connectivity index (χ4v) is 4.90. The number of carbonyl (C=O) groups excluding carboxylic acids is 1. The van der Waals surface area contributed by atoms with Gasteiger partial charge in [-0.15, -0.1) is 0 Å². The van der Waals surface area contributed by atoms with Crippen LogP contribution in [0.2, 0.25) is 0 Å². The second kappa shape index (κ2) is 18.6. The van der Waals surface area contributed by atoms with Crippen molar-refractivity contribution in [1.82, 2.24) is 30.4 Å². The van der Waals surface area contributed by atoms with Crippen molar-refractivity contribution in [2.45, 2.75) is 105 Å². The van der Waals surface area contributed by atoms with Gasteiger partial charge in [-0.1, -0.05) is 19.4 Å². The van der Waals surface area contributed by atoms with Crippen molar-refractivity contribution in [2.24, 2.45) is 18.9 Å². The number of alkyl halides is 1. The minimum Gasteiger partial charge on any atom is -0.390 e. The van der Waals surface area contributed by atoms with Crippen LogP contribution in [0.15, 0.2) is 30.1 Å². The van der Waals surface area contributed by atoms with Gasteiger partial charge >= 0.3 is 0 Å². The number of amides is 1. The fourth-order valence-electron chi connectivity index (χ4n) is 4.90. The number of nitrogens with zero attached hydrogens (tertiary/aromatic N) is 3. The molecule has 2 aromatic rings. The van der Waals surface area contributed by atoms with Gasteiger partial charge in [-0.25, -0.2) is 9.37 Å². The molecule has 232 valence electrons. The Morgan fingerprint density at radius 2 is 2.10 bits per heavy atom. The predicted octanol–water partition coefficient (Wildman–Crippen LogP) is 5.72. The molecule has 1 amide bonds. The lowest BCUT2D eigenvalue weighted by atomic mass is 9.76. The van der Waals surface area contributed by atoms with Crippen LogP contribution in [0, 0.1) is 24.2 Å². The van der Waals surface area contributed by atoms with E-state index >= 15 is 0 Å². The topological polar surface area (TPSA) is 132 Å². The Kier molecular flexibility index (Phi) is 16.4. The molecule has 2 aliphatic rings. The van der Waals surface area contributed by atoms with Crippen LogP contribution in [-0.2, 0) is 18.4 Å². The number of piperidine rings is 1. The van der Waals surface area contributed by atoms with Crippen LogP contribution >= 0.6 is 0 Å². The summed E-state index contributed by atoms with van der Waals surface area (Å²) in [5.41, 5.74) is 2.83. The number of hydrogen-bond donors (Lipinski definition) is 5. The average Bonchev–Trinajstić information content (AvgIpc) is 3.54. The molecule has 0 bridgehead atoms. The van der Waals surface area contributed by atoms with Gasteiger partial charge in [0, 0.05) is 38.1 Å². The fraction of sp³-hybridized carbons (Fsp3) is 0.677. The van der Waals surface area contributed by atoms with Crippen LogP contribution in [-0.4, -0.2) is 55.7 Å². The first-order valence-electron chi connectivity index (χ1n) is 14.8. The maximum atomic E-state index is 14.1. The highest BCUT2D eigenvalue weighted by Gasteiger charge is 2.36. The second-order valence-electron chi connectivity index (χ2n) is 11.5. The summed E-state index contributed by atoms with van der Waals surface area (Å²) in [5.74, 6) is 2.17. The van der Waals surface area contributed by atoms with Gasteiger partial charge in [0.1, 0.15) is 11.5 Å². The van der Waals surface area contributed by atoms with Gasteiger partial charge in [-0.05, 0) is 97.2 Å². The smallest absolute Gasteiger partial charge is 0.220 e. The summed E-state index contributed by atoms with van der Waals surface area (Å²) in [6.45, 7) is 12.7. The van der Waals surface area contributed by atoms with Crippen LogP contribution in [0.1, 0.15) is 103 Å². The highest BCUT2D eigenvalue weighted by Crippen LogP contribution is 2.40. The van der Waals surface area contributed by atoms with E-state index in [1.54, 1.807) is 37.8 Å². The van der Waals surface area contributed by atoms with Crippen LogP contribution in [0.4, 0.5) is 4.39 Å². The molecule has 1 aliphatic heterocycles. The first kappa shape index (κ1) is 36.2. The van der Waals surface area contributed by atoms with Gasteiger partial charge in [0.25, 0.3) is 0 Å². The van der Waals surface area contributed by atoms with Crippen LogP contribution < -0.4 is 10.6 Å². The number of aliphatic hydroxyl groups excluding tert-OH is 1. The quantitative estimate of drug-likeness (QED) is 0.281. The maximum absolute atomic E-state index is 14.1. The highest BCUT2D eigenvalue weighted by atomic mass is 19.1. The molecular formula is C31H54FN7O2. The summed E-state index contributed by atoms with van der Waals surface area (Å²) in [6, 6.07) is 1.96. The molecule has 0 aromatic carbocycles. The molecule has 1 aliphatic carbocycles. The van der Waals surface area contributed by atoms with Gasteiger partial charge < -0.3 is 26.1 Å². The third-order valence-corrected chi connectivity index (χ3v) is 7.42. The Morgan fingerprint density at radius 1 is 1.39 bits per heavy atom. The van der Waals surface area contributed by atoms with Crippen LogP contribution in [0.3, 0.4) is 0 Å². The van der Waals surface area contributed by atoms with Gasteiger partial charge in [-0.2, -0.15) is 5.10 Å². The number of H-pyrrole nitrogens is 1. The minimum absolute atomic E-state index is 0.0660. The third kappa shape index (κ3) is 14.6. The van der Waals surface area contributed by atoms with Gasteiger partial charge in [-0.3, -0.25) is 9.48 Å². The van der Waals surface area contributed by atoms with Crippen molar-refractivity contribution >= 4 is 11.6 Å². The lowest BCUT2D eigenvalue weighted by molar-refractivity contribution is -0.122. The Morgan fingerprint density at radius 3 is 2.46 bits per heavy atom. The van der Waals surface area contributed by atoms with Crippen molar-refractivity contribution < 1.29 is 14.3 Å². The molecule has 3 heterocycles. The van der Waals surface area contributed by atoms with E-state index in [0.717, 1.165) is 55.9 Å². The largest absolute Gasteiger partial charge is 0.390 e. The molecule has 1 saturated heterocycles. The van der Waals surface area contributed by atoms with Crippen LogP contribution in [0.5, 0.6) is 0 Å². The van der Waals surface area contributed by atoms with Crippen molar-refractivity contribution in [3.63, 3.8) is 0 Å². The van der Waals surface area contributed by atoms with E-state index in [-0.39, 0.29) is 18.6 Å². The molecule has 1 saturated carbocycles. The number of aliphatic hydroxyl groups is 1. The normalized spacial score (nSPS) is 23.0. The van der Waals surface area contributed by atoms with E-state index < -0.39 is 5.67 Å². The van der Waals surface area contributed by atoms with Crippen molar-refractivity contribution in [2.75, 3.05) is 13.6 Å². The highest BCUT2D eigenvalue weighted by molar-refractivity contribution is 5.90. The SMILES string of the molecule is CC/C(C)=C\C(C)=N.CC1CCC(=O)NC1.CNC(c1cnc(C)[nH]1)C1CCCC(C)(F)C1.Cn1nccc1CO. The first-order valence-corrected chi connectivity index (χ1v) is 14.8. The summed E-state index contributed by atoms with van der Waals surface area (Å²) >= 11 is 0. The molecule has 4 rings (SSSR count). The Labute approximate surface area is 246 Å². The van der Waals surface area contributed by atoms with E-state index in [4.69, 9.17) is 10.5 Å². The van der Waals surface area contributed by atoms with E-state index in [1.807, 2.05) is 33.2 Å². The molecule has 41 heavy (non-hydrogen) atoms. The number of aryl methyl sites for hydroxylation is 2. The second-order valence-corrected chi connectivity index (χ2v) is 11.5. The number of nitrogens with one attached hydrogen (secondary N) is 4. The van der Waals surface area contributed by atoms with E-state index in [0.29, 0.717) is 30.4 Å². The lowest BCUT2D eigenvalue weighted by Crippen LogP contribution is -2.35. The number of hydrogen-bond acceptors (Lipinski definition) is 6. The molecule has 10 heteroatoms. The summed E-state index contributed by atoms with van der Waals surface area (Å²) in [5, 5.41) is 25.5. The molecule has 0 spiro atoms. The molecule has 4 atom stereocenters. The summed E-state index contributed by atoms with van der Waals surface area (Å²) in [4.78, 5) is 18.0. The number of aromatic nitrogens is 4. The molecule has 4 unspecified atom stereocenters. The zero-order valence-corrected chi connectivity index (χ0v) is 26.5. The number of halogens is 1. The maximum Gasteiger partial charge on any atom is 0.220 e. The molecular weight excluding hydrogens is 521 g/mol. The van der Waals surface area contributed by atoms with Crippen molar-refractivity contribution in [1.29, 1.82) is 5.41 Å². The number of allylic oxidation sites excluding steroid dienone is 2.